The molecule has 1 fully saturated rings. The molecule has 2 heterocycles. The third-order valence-corrected chi connectivity index (χ3v) is 17.0. The molecule has 100 heavy (non-hydrogen) atoms. The molecule has 2 unspecified atom stereocenters. The molecule has 0 spiro atoms. The van der Waals surface area contributed by atoms with Crippen LogP contribution in [-0.4, -0.2) is 154 Å². The van der Waals surface area contributed by atoms with Gasteiger partial charge in [0.25, 0.3) is 5.91 Å². The van der Waals surface area contributed by atoms with Crippen molar-refractivity contribution < 1.29 is 72.6 Å². The maximum atomic E-state index is 16.4. The number of guanidine groups is 1. The molecule has 9 atom stereocenters. The molecular weight excluding hydrogens is 1300 g/mol. The van der Waals surface area contributed by atoms with Crippen LogP contribution >= 0.6 is 0 Å². The van der Waals surface area contributed by atoms with E-state index in [9.17, 15) is 49.8 Å². The summed E-state index contributed by atoms with van der Waals surface area (Å²) >= 11 is 0. The van der Waals surface area contributed by atoms with Crippen molar-refractivity contribution in [3.8, 4) is 5.75 Å². The number of Topliss-reactive ketones (excluding diaryl/α,β-unsaturated/α-hetero) is 1. The van der Waals surface area contributed by atoms with Crippen LogP contribution in [0.25, 0.3) is 0 Å². The number of aliphatic imine (C=N–C) groups is 1. The highest BCUT2D eigenvalue weighted by Crippen LogP contribution is 2.40. The number of alkyl carbamates (subject to hydrolysis) is 1. The number of para-hydroxylation sites is 1. The number of hydrazine groups is 1. The number of amides is 6. The van der Waals surface area contributed by atoms with E-state index in [-0.39, 0.29) is 81.5 Å². The van der Waals surface area contributed by atoms with Crippen LogP contribution in [0, 0.1) is 48.1 Å². The number of H-pyrrole nitrogens is 1. The number of ether oxygens (including phenoxy) is 3. The summed E-state index contributed by atoms with van der Waals surface area (Å²) < 4.78 is 16.9. The Morgan fingerprint density at radius 1 is 0.770 bits per heavy atom. The van der Waals surface area contributed by atoms with Crippen LogP contribution in [0.5, 0.6) is 5.75 Å². The summed E-state index contributed by atoms with van der Waals surface area (Å²) in [6.45, 7) is 13.0. The first-order valence-electron chi connectivity index (χ1n) is 32.7. The minimum absolute atomic E-state index is 0.0131. The number of hydrogen-bond acceptors (Lipinski definition) is 20. The van der Waals surface area contributed by atoms with E-state index in [2.05, 4.69) is 30.9 Å². The number of likely N-dealkylation sites (tertiary alicyclic amines) is 1. The van der Waals surface area contributed by atoms with Crippen molar-refractivity contribution in [2.24, 2.45) is 34.2 Å². The molecule has 0 aliphatic carbocycles. The fraction of sp³-hybridized carbons (Fsp3) is 0.471. The average Bonchev–Trinajstić information content (AvgIpc) is 1.27. The molecule has 9 N–H and O–H groups in total. The van der Waals surface area contributed by atoms with Gasteiger partial charge in [0.15, 0.2) is 22.8 Å². The zero-order chi connectivity index (χ0) is 73.8. The van der Waals surface area contributed by atoms with Crippen molar-refractivity contribution in [3.63, 3.8) is 0 Å². The molecule has 6 rings (SSSR count). The first-order valence-corrected chi connectivity index (χ1v) is 32.7. The van der Waals surface area contributed by atoms with Crippen molar-refractivity contribution >= 4 is 70.4 Å². The normalized spacial score (nSPS) is 15.6. The summed E-state index contributed by atoms with van der Waals surface area (Å²) in [7, 11) is 0. The molecule has 5 aromatic rings. The number of benzene rings is 4. The van der Waals surface area contributed by atoms with Crippen LogP contribution in [-0.2, 0) is 69.1 Å². The first kappa shape index (κ1) is 78.1. The number of aromatic nitrogens is 2. The highest BCUT2D eigenvalue weighted by atomic mass is 16.7. The van der Waals surface area contributed by atoms with Crippen molar-refractivity contribution in [3.05, 3.63) is 168 Å². The maximum Gasteiger partial charge on any atom is 0.408 e. The summed E-state index contributed by atoms with van der Waals surface area (Å²) in [6, 6.07) is 15.4. The number of imidazole rings is 1. The van der Waals surface area contributed by atoms with Crippen LogP contribution < -0.4 is 37.1 Å². The first-order chi connectivity index (χ1) is 47.3. The Balaban J connectivity index is 1.49. The van der Waals surface area contributed by atoms with E-state index >= 15 is 24.0 Å². The lowest BCUT2D eigenvalue weighted by molar-refractivity contribution is -0.641. The summed E-state index contributed by atoms with van der Waals surface area (Å²) in [4.78, 5) is 170. The number of aromatic amines is 1. The van der Waals surface area contributed by atoms with Gasteiger partial charge in [-0.25, -0.2) is 24.7 Å². The number of hydrogen-bond donors (Lipinski definition) is 7. The predicted octanol–water partition coefficient (Wildman–Crippen LogP) is 6.08. The van der Waals surface area contributed by atoms with Gasteiger partial charge >= 0.3 is 29.3 Å². The summed E-state index contributed by atoms with van der Waals surface area (Å²) in [5.41, 5.74) is 5.60. The van der Waals surface area contributed by atoms with Gasteiger partial charge in [-0.1, -0.05) is 127 Å². The Bertz CT molecular complexity index is 3720. The summed E-state index contributed by atoms with van der Waals surface area (Å²) in [6.07, 6.45) is -0.0785. The predicted molar refractivity (Wildman–Crippen MR) is 363 cm³/mol. The molecule has 1 saturated heterocycles. The van der Waals surface area contributed by atoms with Crippen LogP contribution in [0.4, 0.5) is 21.9 Å². The van der Waals surface area contributed by atoms with E-state index in [1.54, 1.807) is 68.4 Å². The minimum Gasteiger partial charge on any atom is -0.489 e. The van der Waals surface area contributed by atoms with Gasteiger partial charge < -0.3 is 56.6 Å². The highest BCUT2D eigenvalue weighted by molar-refractivity contribution is 6.12. The van der Waals surface area contributed by atoms with Gasteiger partial charge in [0.05, 0.1) is 22.2 Å². The average molecular weight is 1390 g/mol. The molecule has 32 heteroatoms. The Kier molecular flexibility index (Phi) is 27.8. The number of nitro groups is 3. The second-order valence-corrected chi connectivity index (χ2v) is 25.7. The highest BCUT2D eigenvalue weighted by Gasteiger charge is 2.56. The third-order valence-electron chi connectivity index (χ3n) is 17.0. The zero-order valence-corrected chi connectivity index (χ0v) is 57.3. The van der Waals surface area contributed by atoms with Crippen molar-refractivity contribution in [1.82, 2.24) is 35.8 Å². The largest absolute Gasteiger partial charge is 0.489 e. The quantitative estimate of drug-likeness (QED) is 0.00459. The second kappa shape index (κ2) is 35.5. The zero-order valence-electron chi connectivity index (χ0n) is 57.3. The number of ketones is 1. The second-order valence-electron chi connectivity index (χ2n) is 25.7. The van der Waals surface area contributed by atoms with Gasteiger partial charge in [0, 0.05) is 49.8 Å². The van der Waals surface area contributed by atoms with Gasteiger partial charge in [0.1, 0.15) is 54.4 Å². The van der Waals surface area contributed by atoms with E-state index in [0.29, 0.717) is 21.8 Å². The minimum atomic E-state index is -2.87. The number of nitrogens with two attached hydrogens (primary N) is 2. The molecule has 4 aromatic carbocycles. The number of esters is 1. The monoisotopic (exact) mass is 1390 g/mol. The SMILES string of the molecule is CCC(C)C(O)(C(=O)OCc1ccccc1)C(=O)[C@@H]1CCCN1C(=O)[C@H](Cc1cnc[nH]1)N(C(=O)[C@@H](NC(=O)[C@H](Cc1ccc(OCc2ccccc2)cc1)NC(=O)[C@H](C(C)C)N(C(=O)[C@H](CCCN=C(N)N)NC(=O)OC(C)(C)C)[N+](=O)[O-])[C@@H](C)CC)c1cccc([N+](=O)[O-])c1[N+](=O)[O-]. The lowest BCUT2D eigenvalue weighted by Gasteiger charge is -2.39. The molecule has 0 bridgehead atoms. The van der Waals surface area contributed by atoms with Gasteiger partial charge in [-0.2, -0.15) is 0 Å². The molecular formula is C68H88N14O18. The van der Waals surface area contributed by atoms with Crippen molar-refractivity contribution in [2.45, 2.75) is 174 Å². The number of rotatable bonds is 35. The summed E-state index contributed by atoms with van der Waals surface area (Å²) in [5, 5.41) is 58.4. The topological polar surface area (TPSA) is 453 Å². The molecule has 0 radical (unpaired) electrons. The van der Waals surface area contributed by atoms with E-state index in [1.165, 1.54) is 61.0 Å². The van der Waals surface area contributed by atoms with E-state index < -0.39 is 157 Å². The third kappa shape index (κ3) is 20.3. The molecule has 6 amide bonds. The Morgan fingerprint density at radius 3 is 1.96 bits per heavy atom. The van der Waals surface area contributed by atoms with Crippen molar-refractivity contribution in [1.29, 1.82) is 0 Å². The fourth-order valence-corrected chi connectivity index (χ4v) is 11.4. The van der Waals surface area contributed by atoms with E-state index in [0.717, 1.165) is 28.7 Å². The number of nitro benzene ring substituents is 2. The Labute approximate surface area is 577 Å². The number of nitrogens with one attached hydrogen (secondary N) is 4. The fourth-order valence-electron chi connectivity index (χ4n) is 11.4. The van der Waals surface area contributed by atoms with Gasteiger partial charge in [-0.3, -0.25) is 58.9 Å². The molecule has 32 nitrogen and oxygen atoms in total. The molecule has 1 aliphatic rings. The molecule has 1 aromatic heterocycles. The van der Waals surface area contributed by atoms with E-state index in [1.807, 2.05) is 30.3 Å². The molecule has 1 aliphatic heterocycles. The number of aliphatic hydroxyl groups is 1. The van der Waals surface area contributed by atoms with Gasteiger partial charge in [-0.15, -0.1) is 0 Å². The lowest BCUT2D eigenvalue weighted by Crippen LogP contribution is -2.64. The number of nitrogens with zero attached hydrogens (tertiary/aromatic N) is 8. The Hall–Kier alpha value is -10.9. The smallest absolute Gasteiger partial charge is 0.408 e. The van der Waals surface area contributed by atoms with Crippen LogP contribution in [0.1, 0.15) is 123 Å². The van der Waals surface area contributed by atoms with Gasteiger partial charge in [0.2, 0.25) is 23.3 Å². The van der Waals surface area contributed by atoms with E-state index in [4.69, 9.17) is 25.7 Å². The van der Waals surface area contributed by atoms with Crippen molar-refractivity contribution in [2.75, 3.05) is 18.0 Å². The maximum absolute atomic E-state index is 16.4. The number of anilines is 1. The summed E-state index contributed by atoms with van der Waals surface area (Å²) in [5.74, 6) is -11.9. The lowest BCUT2D eigenvalue weighted by atomic mass is 9.79. The van der Waals surface area contributed by atoms with Crippen LogP contribution in [0.3, 0.4) is 0 Å². The molecule has 538 valence electrons. The Morgan fingerprint density at radius 2 is 1.41 bits per heavy atom. The van der Waals surface area contributed by atoms with Gasteiger partial charge in [-0.05, 0) is 105 Å². The van der Waals surface area contributed by atoms with Crippen LogP contribution in [0.15, 0.2) is 121 Å². The number of carbonyl (C=O) groups is 8. The molecule has 0 saturated carbocycles. The number of carbonyl (C=O) groups excluding carboxylic acids is 8. The van der Waals surface area contributed by atoms with Crippen LogP contribution in [0.2, 0.25) is 0 Å². The standard InChI is InChI=1S/C68H88N14O18/c1-10-42(5)55(76-59(84)50(35-44-29-31-48(32-30-44)98-38-45-21-14-12-15-22-45)74-60(85)56(41(3)4)79(82(96)97)61(86)49(25-19-33-72-65(69)70)75-66(90)100-67(7,8)9)63(88)78(51-26-18-27-52(80(92)93)57(51)81(94)95)54(36-47-37-71-40-73-47)62(87)77-34-20-28-53(77)58(83)68(91,43(6)11-2)64(89)99-39-46-23-16-13-17-24-46/h12-18,21-24,26-27,29-32,37,40-43,49-50,53-56,91H,10-11,19-20,25,28,33-36,38-39H2,1-9H3,(H,71,73)(H,74,85)(H,75,90)(H,76,84)(H4,69,70,72)/t42-,43?,49-,50-,53-,54-,55-,56-,68?/m0/s1.